The van der Waals surface area contributed by atoms with Crippen molar-refractivity contribution in [2.45, 2.75) is 44.1 Å². The molecule has 1 aromatic carbocycles. The number of carbonyl (C=O) groups excluding carboxylic acids is 2. The van der Waals surface area contributed by atoms with E-state index in [4.69, 9.17) is 0 Å². The summed E-state index contributed by atoms with van der Waals surface area (Å²) in [7, 11) is 0. The van der Waals surface area contributed by atoms with Crippen LogP contribution in [-0.2, 0) is 9.59 Å². The van der Waals surface area contributed by atoms with Crippen LogP contribution in [0.4, 0.5) is 10.1 Å². The number of rotatable bonds is 3. The summed E-state index contributed by atoms with van der Waals surface area (Å²) in [6, 6.07) is 5.31. The van der Waals surface area contributed by atoms with Crippen LogP contribution in [0.15, 0.2) is 24.3 Å². The van der Waals surface area contributed by atoms with E-state index in [0.717, 1.165) is 31.7 Å². The number of hydrogen-bond donors (Lipinski definition) is 3. The number of nitrogens with one attached hydrogen (secondary N) is 2. The van der Waals surface area contributed by atoms with Crippen LogP contribution in [0.25, 0.3) is 0 Å². The largest absolute Gasteiger partial charge is 0.388 e. The van der Waals surface area contributed by atoms with Gasteiger partial charge in [-0.3, -0.25) is 9.59 Å². The van der Waals surface area contributed by atoms with Crippen molar-refractivity contribution < 1.29 is 19.1 Å². The summed E-state index contributed by atoms with van der Waals surface area (Å²) in [5, 5.41) is 15.2. The first kappa shape index (κ1) is 16.4. The monoisotopic (exact) mass is 308 g/mol. The van der Waals surface area contributed by atoms with E-state index < -0.39 is 23.2 Å². The summed E-state index contributed by atoms with van der Waals surface area (Å²) in [5.74, 6) is -2.20. The number of benzene rings is 1. The Kier molecular flexibility index (Phi) is 5.49. The van der Waals surface area contributed by atoms with Crippen LogP contribution in [0.1, 0.15) is 38.5 Å². The Balaban J connectivity index is 1.84. The Morgan fingerprint density at radius 3 is 2.45 bits per heavy atom. The summed E-state index contributed by atoms with van der Waals surface area (Å²) in [6.07, 6.45) is 5.24. The first-order valence-electron chi connectivity index (χ1n) is 7.56. The molecule has 120 valence electrons. The molecule has 0 radical (unpaired) electrons. The Morgan fingerprint density at radius 1 is 1.14 bits per heavy atom. The van der Waals surface area contributed by atoms with Crippen molar-refractivity contribution in [2.24, 2.45) is 0 Å². The highest BCUT2D eigenvalue weighted by Crippen LogP contribution is 2.26. The van der Waals surface area contributed by atoms with Gasteiger partial charge in [0.2, 0.25) is 0 Å². The summed E-state index contributed by atoms with van der Waals surface area (Å²) in [6.45, 7) is 0.0579. The molecule has 0 bridgehead atoms. The van der Waals surface area contributed by atoms with Gasteiger partial charge in [0.05, 0.1) is 5.60 Å². The third-order valence-electron chi connectivity index (χ3n) is 3.90. The number of halogens is 1. The molecule has 1 fully saturated rings. The Labute approximate surface area is 128 Å². The molecular formula is C16H21FN2O3. The normalized spacial score (nSPS) is 17.4. The Morgan fingerprint density at radius 2 is 1.82 bits per heavy atom. The Hall–Kier alpha value is -1.95. The second-order valence-corrected chi connectivity index (χ2v) is 5.79. The minimum Gasteiger partial charge on any atom is -0.388 e. The molecule has 3 N–H and O–H groups in total. The molecule has 0 saturated heterocycles. The van der Waals surface area contributed by atoms with Crippen molar-refractivity contribution in [1.82, 2.24) is 5.32 Å². The molecular weight excluding hydrogens is 287 g/mol. The maximum Gasteiger partial charge on any atom is 0.313 e. The topological polar surface area (TPSA) is 78.4 Å². The highest BCUT2D eigenvalue weighted by atomic mass is 19.1. The van der Waals surface area contributed by atoms with E-state index in [9.17, 15) is 19.1 Å². The zero-order valence-corrected chi connectivity index (χ0v) is 12.4. The van der Waals surface area contributed by atoms with E-state index in [1.807, 2.05) is 0 Å². The SMILES string of the molecule is O=C(NCC1(O)CCCCCC1)C(=O)Nc1cccc(F)c1. The van der Waals surface area contributed by atoms with Crippen molar-refractivity contribution in [3.05, 3.63) is 30.1 Å². The molecule has 0 aromatic heterocycles. The molecule has 0 atom stereocenters. The third-order valence-corrected chi connectivity index (χ3v) is 3.90. The molecule has 1 aliphatic rings. The lowest BCUT2D eigenvalue weighted by atomic mass is 9.94. The first-order valence-corrected chi connectivity index (χ1v) is 7.56. The van der Waals surface area contributed by atoms with Crippen LogP contribution in [0.2, 0.25) is 0 Å². The van der Waals surface area contributed by atoms with E-state index in [0.29, 0.717) is 12.8 Å². The van der Waals surface area contributed by atoms with Crippen molar-refractivity contribution in [2.75, 3.05) is 11.9 Å². The van der Waals surface area contributed by atoms with Crippen LogP contribution < -0.4 is 10.6 Å². The standard InChI is InChI=1S/C16H21FN2O3/c17-12-6-5-7-13(10-12)19-15(21)14(20)18-11-16(22)8-3-1-2-4-9-16/h5-7,10,22H,1-4,8-9,11H2,(H,18,20)(H,19,21). The number of amides is 2. The molecule has 0 aliphatic heterocycles. The van der Waals surface area contributed by atoms with Crippen molar-refractivity contribution in [3.63, 3.8) is 0 Å². The maximum absolute atomic E-state index is 13.0. The van der Waals surface area contributed by atoms with Gasteiger partial charge in [0.15, 0.2) is 0 Å². The van der Waals surface area contributed by atoms with Gasteiger partial charge in [-0.15, -0.1) is 0 Å². The molecule has 1 aromatic rings. The predicted molar refractivity (Wildman–Crippen MR) is 80.7 cm³/mol. The van der Waals surface area contributed by atoms with Crippen LogP contribution in [0.3, 0.4) is 0 Å². The molecule has 6 heteroatoms. The molecule has 0 unspecified atom stereocenters. The van der Waals surface area contributed by atoms with Gasteiger partial charge >= 0.3 is 11.8 Å². The second kappa shape index (κ2) is 7.35. The zero-order valence-electron chi connectivity index (χ0n) is 12.4. The van der Waals surface area contributed by atoms with Crippen LogP contribution in [-0.4, -0.2) is 29.1 Å². The molecule has 22 heavy (non-hydrogen) atoms. The maximum atomic E-state index is 13.0. The molecule has 0 spiro atoms. The fourth-order valence-corrected chi connectivity index (χ4v) is 2.64. The molecule has 5 nitrogen and oxygen atoms in total. The third kappa shape index (κ3) is 4.80. The van der Waals surface area contributed by atoms with Gasteiger partial charge in [0.1, 0.15) is 5.82 Å². The molecule has 2 amide bonds. The minimum atomic E-state index is -0.939. The van der Waals surface area contributed by atoms with E-state index >= 15 is 0 Å². The summed E-state index contributed by atoms with van der Waals surface area (Å²) < 4.78 is 13.0. The molecule has 0 heterocycles. The van der Waals surface area contributed by atoms with Gasteiger partial charge in [-0.2, -0.15) is 0 Å². The average Bonchev–Trinajstić information content (AvgIpc) is 2.70. The average molecular weight is 308 g/mol. The zero-order chi connectivity index (χ0) is 16.0. The summed E-state index contributed by atoms with van der Waals surface area (Å²) in [4.78, 5) is 23.5. The van der Waals surface area contributed by atoms with Gasteiger partial charge in [0, 0.05) is 12.2 Å². The second-order valence-electron chi connectivity index (χ2n) is 5.79. The summed E-state index contributed by atoms with van der Waals surface area (Å²) in [5.41, 5.74) is -0.723. The molecule has 1 saturated carbocycles. The lowest BCUT2D eigenvalue weighted by Gasteiger charge is -2.26. The number of anilines is 1. The summed E-state index contributed by atoms with van der Waals surface area (Å²) >= 11 is 0. The van der Waals surface area contributed by atoms with Crippen LogP contribution in [0.5, 0.6) is 0 Å². The number of carbonyl (C=O) groups is 2. The predicted octanol–water partition coefficient (Wildman–Crippen LogP) is 1.97. The van der Waals surface area contributed by atoms with E-state index in [2.05, 4.69) is 10.6 Å². The quantitative estimate of drug-likeness (QED) is 0.590. The minimum absolute atomic E-state index is 0.0579. The van der Waals surface area contributed by atoms with E-state index in [1.54, 1.807) is 0 Å². The highest BCUT2D eigenvalue weighted by Gasteiger charge is 2.29. The Bertz CT molecular complexity index is 540. The van der Waals surface area contributed by atoms with Crippen molar-refractivity contribution in [1.29, 1.82) is 0 Å². The lowest BCUT2D eigenvalue weighted by Crippen LogP contribution is -2.46. The van der Waals surface area contributed by atoms with Crippen molar-refractivity contribution >= 4 is 17.5 Å². The first-order chi connectivity index (χ1) is 10.5. The fourth-order valence-electron chi connectivity index (χ4n) is 2.64. The van der Waals surface area contributed by atoms with Gasteiger partial charge in [-0.05, 0) is 31.0 Å². The molecule has 1 aliphatic carbocycles. The van der Waals surface area contributed by atoms with Gasteiger partial charge in [-0.25, -0.2) is 4.39 Å². The number of aliphatic hydroxyl groups is 1. The van der Waals surface area contributed by atoms with Crippen LogP contribution in [0, 0.1) is 5.82 Å². The highest BCUT2D eigenvalue weighted by molar-refractivity contribution is 6.39. The van der Waals surface area contributed by atoms with Crippen molar-refractivity contribution in [3.8, 4) is 0 Å². The van der Waals surface area contributed by atoms with Crippen LogP contribution >= 0.6 is 0 Å². The smallest absolute Gasteiger partial charge is 0.313 e. The van der Waals surface area contributed by atoms with E-state index in [1.165, 1.54) is 18.2 Å². The van der Waals surface area contributed by atoms with Gasteiger partial charge < -0.3 is 15.7 Å². The van der Waals surface area contributed by atoms with E-state index in [-0.39, 0.29) is 12.2 Å². The van der Waals surface area contributed by atoms with Gasteiger partial charge in [0.25, 0.3) is 0 Å². The lowest BCUT2D eigenvalue weighted by molar-refractivity contribution is -0.136. The van der Waals surface area contributed by atoms with Gasteiger partial charge in [-0.1, -0.05) is 31.7 Å². The fraction of sp³-hybridized carbons (Fsp3) is 0.500. The number of hydrogen-bond acceptors (Lipinski definition) is 3. The molecule has 2 rings (SSSR count).